The predicted molar refractivity (Wildman–Crippen MR) is 271 cm³/mol. The predicted octanol–water partition coefficient (Wildman–Crippen LogP) is 17.4. The van der Waals surface area contributed by atoms with Gasteiger partial charge in [0, 0.05) is 51.2 Å². The van der Waals surface area contributed by atoms with Crippen molar-refractivity contribution in [2.45, 2.75) is 41.5 Å². The van der Waals surface area contributed by atoms with Crippen LogP contribution in [-0.2, 0) is 0 Å². The van der Waals surface area contributed by atoms with E-state index in [4.69, 9.17) is 0 Å². The van der Waals surface area contributed by atoms with Gasteiger partial charge in [-0.05, 0) is 183 Å². The molecule has 0 atom stereocenters. The Morgan fingerprint density at radius 1 is 0.175 bits per heavy atom. The van der Waals surface area contributed by atoms with Crippen LogP contribution in [0, 0.1) is 41.5 Å². The Kier molecular flexibility index (Phi) is 10.2. The zero-order chi connectivity index (χ0) is 43.2. The number of fused-ring (bicyclic) bond motifs is 6. The zero-order valence-corrected chi connectivity index (χ0v) is 36.9. The molecule has 10 aromatic rings. The number of hydrogen-bond donors (Lipinski definition) is 0. The molecule has 0 unspecified atom stereocenters. The second-order valence-electron chi connectivity index (χ2n) is 17.2. The lowest BCUT2D eigenvalue weighted by Crippen LogP contribution is -2.11. The molecule has 0 spiro atoms. The molecule has 0 aliphatic carbocycles. The monoisotopic (exact) mass is 813 g/mol. The second-order valence-corrected chi connectivity index (χ2v) is 17.2. The summed E-state index contributed by atoms with van der Waals surface area (Å²) in [5, 5.41) is 7.26. The van der Waals surface area contributed by atoms with Crippen molar-refractivity contribution in [1.29, 1.82) is 0 Å². The first-order valence-corrected chi connectivity index (χ1v) is 21.9. The average molecular weight is 814 g/mol. The first-order chi connectivity index (χ1) is 30.7. The molecule has 10 rings (SSSR count). The highest BCUT2D eigenvalue weighted by atomic mass is 15.2. The summed E-state index contributed by atoms with van der Waals surface area (Å²) in [6.45, 7) is 12.9. The van der Waals surface area contributed by atoms with Gasteiger partial charge in [-0.2, -0.15) is 0 Å². The highest BCUT2D eigenvalue weighted by Gasteiger charge is 2.20. The molecule has 10 aromatic carbocycles. The summed E-state index contributed by atoms with van der Waals surface area (Å²) in [5.74, 6) is 0. The molecule has 3 nitrogen and oxygen atoms in total. The molecular formula is C60H51N3. The minimum atomic E-state index is 1.11. The summed E-state index contributed by atoms with van der Waals surface area (Å²) in [7, 11) is 0. The minimum absolute atomic E-state index is 1.11. The summed E-state index contributed by atoms with van der Waals surface area (Å²) in [4.78, 5) is 7.14. The third-order valence-corrected chi connectivity index (χ3v) is 12.4. The molecule has 0 saturated carbocycles. The Morgan fingerprint density at radius 2 is 0.333 bits per heavy atom. The van der Waals surface area contributed by atoms with Gasteiger partial charge in [-0.3, -0.25) is 0 Å². The topological polar surface area (TPSA) is 9.72 Å². The smallest absolute Gasteiger partial charge is 0.0468 e. The molecule has 0 amide bonds. The molecule has 0 bridgehead atoms. The standard InChI is InChI=1S/C60H51N3/c1-40-7-19-46(20-8-40)61(47-21-9-41(2)10-22-47)52-31-34-55-58(37-52)56-35-32-53(62(48-23-11-42(3)12-24-48)49-25-13-43(4)14-26-49)39-60(56)57-36-33-54(38-59(55)57)63(50-27-15-44(5)16-28-50)51-29-17-45(6)18-30-51/h7-39H,1-6H3. The molecular weight excluding hydrogens is 763 g/mol. The maximum atomic E-state index is 2.40. The molecule has 0 fully saturated rings. The van der Waals surface area contributed by atoms with E-state index in [0.717, 1.165) is 51.2 Å². The molecule has 0 aliphatic heterocycles. The van der Waals surface area contributed by atoms with Crippen molar-refractivity contribution >= 4 is 83.5 Å². The van der Waals surface area contributed by atoms with Crippen molar-refractivity contribution < 1.29 is 0 Å². The van der Waals surface area contributed by atoms with E-state index < -0.39 is 0 Å². The van der Waals surface area contributed by atoms with Crippen LogP contribution in [0.25, 0.3) is 32.3 Å². The summed E-state index contributed by atoms with van der Waals surface area (Å²) in [6, 6.07) is 74.2. The van der Waals surface area contributed by atoms with Gasteiger partial charge in [-0.25, -0.2) is 0 Å². The summed E-state index contributed by atoms with van der Waals surface area (Å²) in [6.07, 6.45) is 0. The lowest BCUT2D eigenvalue weighted by molar-refractivity contribution is 1.27. The van der Waals surface area contributed by atoms with E-state index in [9.17, 15) is 0 Å². The molecule has 0 heterocycles. The van der Waals surface area contributed by atoms with Crippen molar-refractivity contribution in [2.75, 3.05) is 14.7 Å². The Hall–Kier alpha value is -7.62. The number of nitrogens with zero attached hydrogens (tertiary/aromatic N) is 3. The van der Waals surface area contributed by atoms with Crippen molar-refractivity contribution in [3.8, 4) is 0 Å². The fraction of sp³-hybridized carbons (Fsp3) is 0.100. The third-order valence-electron chi connectivity index (χ3n) is 12.4. The van der Waals surface area contributed by atoms with Crippen molar-refractivity contribution in [3.05, 3.63) is 234 Å². The first kappa shape index (κ1) is 39.5. The van der Waals surface area contributed by atoms with E-state index >= 15 is 0 Å². The van der Waals surface area contributed by atoms with Crippen LogP contribution < -0.4 is 14.7 Å². The maximum absolute atomic E-state index is 2.40. The van der Waals surface area contributed by atoms with Crippen LogP contribution in [0.4, 0.5) is 51.2 Å². The molecule has 0 aromatic heterocycles. The highest BCUT2D eigenvalue weighted by Crippen LogP contribution is 2.46. The normalized spacial score (nSPS) is 11.3. The van der Waals surface area contributed by atoms with Gasteiger partial charge in [-0.1, -0.05) is 124 Å². The van der Waals surface area contributed by atoms with Crippen LogP contribution in [0.3, 0.4) is 0 Å². The Bertz CT molecular complexity index is 2720. The van der Waals surface area contributed by atoms with E-state index in [2.05, 4.69) is 256 Å². The largest absolute Gasteiger partial charge is 0.310 e. The zero-order valence-electron chi connectivity index (χ0n) is 36.9. The van der Waals surface area contributed by atoms with Crippen LogP contribution in [0.5, 0.6) is 0 Å². The van der Waals surface area contributed by atoms with Gasteiger partial charge < -0.3 is 14.7 Å². The van der Waals surface area contributed by atoms with Crippen molar-refractivity contribution in [3.63, 3.8) is 0 Å². The van der Waals surface area contributed by atoms with Gasteiger partial charge in [0.25, 0.3) is 0 Å². The molecule has 0 radical (unpaired) electrons. The van der Waals surface area contributed by atoms with E-state index in [1.165, 1.54) is 65.7 Å². The Morgan fingerprint density at radius 3 is 0.508 bits per heavy atom. The number of rotatable bonds is 9. The second kappa shape index (κ2) is 16.3. The maximum Gasteiger partial charge on any atom is 0.0468 e. The van der Waals surface area contributed by atoms with E-state index in [-0.39, 0.29) is 0 Å². The third kappa shape index (κ3) is 7.68. The van der Waals surface area contributed by atoms with Gasteiger partial charge in [0.15, 0.2) is 0 Å². The lowest BCUT2D eigenvalue weighted by atomic mass is 9.92. The molecule has 3 heteroatoms. The summed E-state index contributed by atoms with van der Waals surface area (Å²) >= 11 is 0. The van der Waals surface area contributed by atoms with Gasteiger partial charge in [0.1, 0.15) is 0 Å². The SMILES string of the molecule is Cc1ccc(N(c2ccc(C)cc2)c2ccc3c(c2)c2ccc(N(c4ccc(C)cc4)c4ccc(C)cc4)cc2c2ccc(N(c4ccc(C)cc4)c4ccc(C)cc4)cc32)cc1. The molecule has 0 aliphatic rings. The summed E-state index contributed by atoms with van der Waals surface area (Å²) in [5.41, 5.74) is 17.5. The van der Waals surface area contributed by atoms with Crippen LogP contribution in [0.1, 0.15) is 33.4 Å². The quantitative estimate of drug-likeness (QED) is 0.134. The van der Waals surface area contributed by atoms with Crippen molar-refractivity contribution in [1.82, 2.24) is 0 Å². The van der Waals surface area contributed by atoms with E-state index in [0.29, 0.717) is 0 Å². The molecule has 0 saturated heterocycles. The van der Waals surface area contributed by atoms with Crippen LogP contribution in [-0.4, -0.2) is 0 Å². The first-order valence-electron chi connectivity index (χ1n) is 21.9. The van der Waals surface area contributed by atoms with Gasteiger partial charge in [0.2, 0.25) is 0 Å². The van der Waals surface area contributed by atoms with Crippen LogP contribution in [0.2, 0.25) is 0 Å². The van der Waals surface area contributed by atoms with E-state index in [1.54, 1.807) is 0 Å². The molecule has 63 heavy (non-hydrogen) atoms. The number of hydrogen-bond acceptors (Lipinski definition) is 3. The van der Waals surface area contributed by atoms with E-state index in [1.807, 2.05) is 0 Å². The van der Waals surface area contributed by atoms with Crippen LogP contribution in [0.15, 0.2) is 200 Å². The molecule has 0 N–H and O–H groups in total. The lowest BCUT2D eigenvalue weighted by Gasteiger charge is -2.28. The number of anilines is 9. The fourth-order valence-electron chi connectivity index (χ4n) is 8.89. The highest BCUT2D eigenvalue weighted by molar-refractivity contribution is 6.27. The molecule has 306 valence electrons. The Balaban J connectivity index is 1.25. The van der Waals surface area contributed by atoms with Crippen LogP contribution >= 0.6 is 0 Å². The van der Waals surface area contributed by atoms with Gasteiger partial charge >= 0.3 is 0 Å². The van der Waals surface area contributed by atoms with Gasteiger partial charge in [0.05, 0.1) is 0 Å². The van der Waals surface area contributed by atoms with Crippen molar-refractivity contribution in [2.24, 2.45) is 0 Å². The average Bonchev–Trinajstić information content (AvgIpc) is 3.30. The minimum Gasteiger partial charge on any atom is -0.310 e. The number of benzene rings is 10. The summed E-state index contributed by atoms with van der Waals surface area (Å²) < 4.78 is 0. The Labute approximate surface area is 371 Å². The number of aryl methyl sites for hydroxylation is 6. The fourth-order valence-corrected chi connectivity index (χ4v) is 8.89. The van der Waals surface area contributed by atoms with Gasteiger partial charge in [-0.15, -0.1) is 0 Å².